The number of esters is 2. The van der Waals surface area contributed by atoms with E-state index < -0.39 is 0 Å². The summed E-state index contributed by atoms with van der Waals surface area (Å²) < 4.78 is 11.3. The number of ether oxygens (including phenoxy) is 2. The third-order valence-electron chi connectivity index (χ3n) is 5.09. The maximum Gasteiger partial charge on any atom is 0.309 e. The zero-order valence-electron chi connectivity index (χ0n) is 16.0. The van der Waals surface area contributed by atoms with Crippen LogP contribution in [0.2, 0.25) is 0 Å². The normalized spacial score (nSPS) is 23.3. The van der Waals surface area contributed by atoms with E-state index in [2.05, 4.69) is 27.7 Å². The predicted molar refractivity (Wildman–Crippen MR) is 95.6 cm³/mol. The number of rotatable bonds is 10. The van der Waals surface area contributed by atoms with Crippen molar-refractivity contribution >= 4 is 11.9 Å². The Kier molecular flexibility index (Phi) is 10.0. The molecule has 1 rings (SSSR count). The molecule has 2 atom stereocenters. The van der Waals surface area contributed by atoms with Gasteiger partial charge in [0.05, 0.1) is 11.8 Å². The van der Waals surface area contributed by atoms with Gasteiger partial charge in [0.1, 0.15) is 12.2 Å². The van der Waals surface area contributed by atoms with E-state index in [9.17, 15) is 9.59 Å². The molecule has 2 unspecified atom stereocenters. The van der Waals surface area contributed by atoms with Crippen molar-refractivity contribution < 1.29 is 19.1 Å². The highest BCUT2D eigenvalue weighted by atomic mass is 16.5. The Labute approximate surface area is 147 Å². The van der Waals surface area contributed by atoms with Crippen molar-refractivity contribution in [2.24, 2.45) is 11.8 Å². The van der Waals surface area contributed by atoms with Crippen LogP contribution in [-0.2, 0) is 19.1 Å². The third kappa shape index (κ3) is 6.82. The molecule has 0 spiro atoms. The Morgan fingerprint density at radius 2 is 1.08 bits per heavy atom. The molecule has 0 aromatic carbocycles. The molecule has 0 N–H and O–H groups in total. The Morgan fingerprint density at radius 3 is 1.33 bits per heavy atom. The molecule has 140 valence electrons. The van der Waals surface area contributed by atoms with Crippen molar-refractivity contribution in [1.82, 2.24) is 0 Å². The lowest BCUT2D eigenvalue weighted by atomic mass is 9.82. The summed E-state index contributed by atoms with van der Waals surface area (Å²) in [4.78, 5) is 24.6. The maximum atomic E-state index is 12.3. The van der Waals surface area contributed by atoms with Gasteiger partial charge in [-0.25, -0.2) is 0 Å². The lowest BCUT2D eigenvalue weighted by Crippen LogP contribution is -2.31. The topological polar surface area (TPSA) is 52.6 Å². The van der Waals surface area contributed by atoms with Gasteiger partial charge in [-0.2, -0.15) is 0 Å². The molecule has 0 aliphatic heterocycles. The first-order valence-corrected chi connectivity index (χ1v) is 9.96. The standard InChI is InChI=1S/C20H36O4/c1-5-9-17(7-3)23-19(21)15-11-13-16(14-12-15)20(22)24-18(8-4)10-6-2/h15-18H,5-14H2,1-4H3. The third-order valence-corrected chi connectivity index (χ3v) is 5.09. The number of hydrogen-bond acceptors (Lipinski definition) is 4. The summed E-state index contributed by atoms with van der Waals surface area (Å²) in [5.74, 6) is -0.228. The summed E-state index contributed by atoms with van der Waals surface area (Å²) in [5, 5.41) is 0. The largest absolute Gasteiger partial charge is 0.462 e. The van der Waals surface area contributed by atoms with Crippen LogP contribution in [0, 0.1) is 11.8 Å². The van der Waals surface area contributed by atoms with E-state index >= 15 is 0 Å². The number of hydrogen-bond donors (Lipinski definition) is 0. The Morgan fingerprint density at radius 1 is 0.750 bits per heavy atom. The molecule has 4 nitrogen and oxygen atoms in total. The van der Waals surface area contributed by atoms with Gasteiger partial charge in [0, 0.05) is 0 Å². The molecular weight excluding hydrogens is 304 g/mol. The fourth-order valence-electron chi connectivity index (χ4n) is 3.42. The first-order chi connectivity index (χ1) is 11.5. The first-order valence-electron chi connectivity index (χ1n) is 9.96. The summed E-state index contributed by atoms with van der Waals surface area (Å²) in [5.41, 5.74) is 0. The van der Waals surface area contributed by atoms with Gasteiger partial charge < -0.3 is 9.47 Å². The molecule has 1 fully saturated rings. The van der Waals surface area contributed by atoms with E-state index in [0.29, 0.717) is 0 Å². The minimum Gasteiger partial charge on any atom is -0.462 e. The molecule has 0 heterocycles. The molecule has 0 aromatic heterocycles. The van der Waals surface area contributed by atoms with Crippen molar-refractivity contribution in [2.45, 2.75) is 104 Å². The van der Waals surface area contributed by atoms with Crippen molar-refractivity contribution in [2.75, 3.05) is 0 Å². The first kappa shape index (κ1) is 21.0. The van der Waals surface area contributed by atoms with Crippen LogP contribution in [-0.4, -0.2) is 24.1 Å². The lowest BCUT2D eigenvalue weighted by molar-refractivity contribution is -0.161. The van der Waals surface area contributed by atoms with E-state index in [1.807, 2.05) is 0 Å². The monoisotopic (exact) mass is 340 g/mol. The highest BCUT2D eigenvalue weighted by Crippen LogP contribution is 2.31. The quantitative estimate of drug-likeness (QED) is 0.523. The van der Waals surface area contributed by atoms with E-state index in [1.54, 1.807) is 0 Å². The van der Waals surface area contributed by atoms with Crippen LogP contribution in [0.25, 0.3) is 0 Å². The maximum absolute atomic E-state index is 12.3. The van der Waals surface area contributed by atoms with Crippen molar-refractivity contribution in [3.05, 3.63) is 0 Å². The van der Waals surface area contributed by atoms with Crippen molar-refractivity contribution in [3.8, 4) is 0 Å². The molecule has 0 aromatic rings. The Bertz CT molecular complexity index is 336. The highest BCUT2D eigenvalue weighted by Gasteiger charge is 2.33. The van der Waals surface area contributed by atoms with Crippen molar-refractivity contribution in [1.29, 1.82) is 0 Å². The van der Waals surface area contributed by atoms with Crippen LogP contribution < -0.4 is 0 Å². The summed E-state index contributed by atoms with van der Waals surface area (Å²) in [6.45, 7) is 8.33. The minimum atomic E-state index is -0.0699. The van der Waals surface area contributed by atoms with Gasteiger partial charge in [-0.3, -0.25) is 9.59 Å². The van der Waals surface area contributed by atoms with Crippen LogP contribution in [0.3, 0.4) is 0 Å². The van der Waals surface area contributed by atoms with Crippen LogP contribution in [0.1, 0.15) is 91.9 Å². The van der Waals surface area contributed by atoms with E-state index in [1.165, 1.54) is 0 Å². The molecule has 1 aliphatic rings. The second-order valence-corrected chi connectivity index (χ2v) is 7.06. The summed E-state index contributed by atoms with van der Waals surface area (Å²) in [6, 6.07) is 0. The van der Waals surface area contributed by atoms with E-state index in [0.717, 1.165) is 64.2 Å². The SMILES string of the molecule is CCCC(CC)OC(=O)C1CCC(C(=O)OC(CC)CCC)CC1. The fraction of sp³-hybridized carbons (Fsp3) is 0.900. The molecule has 4 heteroatoms. The van der Waals surface area contributed by atoms with Gasteiger partial charge in [0.25, 0.3) is 0 Å². The molecule has 0 bridgehead atoms. The molecule has 1 aliphatic carbocycles. The van der Waals surface area contributed by atoms with Gasteiger partial charge in [-0.05, 0) is 51.4 Å². The molecular formula is C20H36O4. The van der Waals surface area contributed by atoms with Gasteiger partial charge in [-0.1, -0.05) is 40.5 Å². The smallest absolute Gasteiger partial charge is 0.309 e. The predicted octanol–water partition coefficient (Wildman–Crippen LogP) is 5.04. The molecule has 1 saturated carbocycles. The van der Waals surface area contributed by atoms with E-state index in [-0.39, 0.29) is 36.0 Å². The zero-order chi connectivity index (χ0) is 17.9. The fourth-order valence-corrected chi connectivity index (χ4v) is 3.42. The number of carbonyl (C=O) groups is 2. The summed E-state index contributed by atoms with van der Waals surface area (Å²) in [6.07, 6.45) is 8.72. The summed E-state index contributed by atoms with van der Waals surface area (Å²) >= 11 is 0. The Balaban J connectivity index is 2.39. The second kappa shape index (κ2) is 11.5. The van der Waals surface area contributed by atoms with Gasteiger partial charge in [-0.15, -0.1) is 0 Å². The molecule has 0 saturated heterocycles. The minimum absolute atomic E-state index is 0.0439. The lowest BCUT2D eigenvalue weighted by Gasteiger charge is -2.28. The van der Waals surface area contributed by atoms with E-state index in [4.69, 9.17) is 9.47 Å². The molecule has 0 radical (unpaired) electrons. The van der Waals surface area contributed by atoms with Gasteiger partial charge >= 0.3 is 11.9 Å². The van der Waals surface area contributed by atoms with Crippen LogP contribution >= 0.6 is 0 Å². The Hall–Kier alpha value is -1.06. The van der Waals surface area contributed by atoms with Crippen molar-refractivity contribution in [3.63, 3.8) is 0 Å². The zero-order valence-corrected chi connectivity index (χ0v) is 16.0. The average Bonchev–Trinajstić information content (AvgIpc) is 2.60. The summed E-state index contributed by atoms with van der Waals surface area (Å²) in [7, 11) is 0. The van der Waals surface area contributed by atoms with Crippen LogP contribution in [0.15, 0.2) is 0 Å². The van der Waals surface area contributed by atoms with Gasteiger partial charge in [0.15, 0.2) is 0 Å². The number of carbonyl (C=O) groups excluding carboxylic acids is 2. The van der Waals surface area contributed by atoms with Gasteiger partial charge in [0.2, 0.25) is 0 Å². The average molecular weight is 341 g/mol. The molecule has 0 amide bonds. The highest BCUT2D eigenvalue weighted by molar-refractivity contribution is 5.75. The molecule has 24 heavy (non-hydrogen) atoms. The van der Waals surface area contributed by atoms with Crippen LogP contribution in [0.4, 0.5) is 0 Å². The second-order valence-electron chi connectivity index (χ2n) is 7.06. The van der Waals surface area contributed by atoms with Crippen LogP contribution in [0.5, 0.6) is 0 Å².